The van der Waals surface area contributed by atoms with E-state index >= 15 is 0 Å². The van der Waals surface area contributed by atoms with Crippen molar-refractivity contribution in [2.45, 2.75) is 6.23 Å². The topological polar surface area (TPSA) is 64.3 Å². The van der Waals surface area contributed by atoms with E-state index in [1.54, 1.807) is 12.4 Å². The highest BCUT2D eigenvalue weighted by Gasteiger charge is 2.30. The van der Waals surface area contributed by atoms with Gasteiger partial charge in [0.25, 0.3) is 0 Å². The molecule has 1 atom stereocenters. The Morgan fingerprint density at radius 1 is 1.29 bits per heavy atom. The molecule has 1 unspecified atom stereocenters. The summed E-state index contributed by atoms with van der Waals surface area (Å²) >= 11 is 0. The van der Waals surface area contributed by atoms with Crippen molar-refractivity contribution in [1.82, 2.24) is 9.97 Å². The van der Waals surface area contributed by atoms with E-state index in [-0.39, 0.29) is 6.23 Å². The van der Waals surface area contributed by atoms with Crippen LogP contribution in [0.3, 0.4) is 0 Å². The van der Waals surface area contributed by atoms with Crippen LogP contribution in [0, 0.1) is 0 Å². The molecule has 17 heavy (non-hydrogen) atoms. The number of fused-ring (bicyclic) bond motifs is 1. The normalized spacial score (nSPS) is 17.7. The molecular formula is C12H12N4O. The summed E-state index contributed by atoms with van der Waals surface area (Å²) < 4.78 is 5.84. The molecule has 2 N–H and O–H groups in total. The minimum Gasteiger partial charge on any atom is -0.462 e. The number of hydrogen-bond acceptors (Lipinski definition) is 5. The van der Waals surface area contributed by atoms with Crippen molar-refractivity contribution in [2.24, 2.45) is 0 Å². The number of anilines is 2. The van der Waals surface area contributed by atoms with Crippen molar-refractivity contribution in [1.29, 1.82) is 0 Å². The van der Waals surface area contributed by atoms with E-state index < -0.39 is 0 Å². The van der Waals surface area contributed by atoms with E-state index in [1.807, 2.05) is 36.2 Å². The summed E-state index contributed by atoms with van der Waals surface area (Å²) in [6.45, 7) is 0. The zero-order valence-corrected chi connectivity index (χ0v) is 9.37. The fourth-order valence-electron chi connectivity index (χ4n) is 1.96. The molecule has 0 aromatic carbocycles. The zero-order chi connectivity index (χ0) is 11.8. The predicted molar refractivity (Wildman–Crippen MR) is 64.7 cm³/mol. The number of rotatable bonds is 1. The molecule has 2 aromatic heterocycles. The molecule has 1 aliphatic heterocycles. The molecule has 0 radical (unpaired) electrons. The van der Waals surface area contributed by atoms with Crippen molar-refractivity contribution < 1.29 is 4.74 Å². The maximum atomic E-state index is 5.84. The van der Waals surface area contributed by atoms with Crippen LogP contribution in [0.25, 0.3) is 0 Å². The molecule has 3 rings (SSSR count). The van der Waals surface area contributed by atoms with Crippen molar-refractivity contribution in [2.75, 3.05) is 17.7 Å². The number of aromatic nitrogens is 2. The van der Waals surface area contributed by atoms with Gasteiger partial charge >= 0.3 is 0 Å². The van der Waals surface area contributed by atoms with Gasteiger partial charge in [-0.25, -0.2) is 9.97 Å². The van der Waals surface area contributed by atoms with E-state index in [0.717, 1.165) is 17.1 Å². The molecule has 86 valence electrons. The first-order chi connectivity index (χ1) is 8.25. The van der Waals surface area contributed by atoms with Gasteiger partial charge in [0.15, 0.2) is 17.8 Å². The third-order valence-electron chi connectivity index (χ3n) is 2.77. The molecule has 0 amide bonds. The summed E-state index contributed by atoms with van der Waals surface area (Å²) in [4.78, 5) is 10.2. The molecule has 3 heterocycles. The van der Waals surface area contributed by atoms with Crippen LogP contribution in [0.5, 0.6) is 5.75 Å². The minimum absolute atomic E-state index is 0.190. The van der Waals surface area contributed by atoms with Gasteiger partial charge in [-0.1, -0.05) is 0 Å². The molecular weight excluding hydrogens is 216 g/mol. The number of nitrogen functional groups attached to an aromatic ring is 1. The largest absolute Gasteiger partial charge is 0.462 e. The second-order valence-corrected chi connectivity index (χ2v) is 3.92. The van der Waals surface area contributed by atoms with Crippen molar-refractivity contribution in [3.8, 4) is 5.75 Å². The first kappa shape index (κ1) is 9.89. The van der Waals surface area contributed by atoms with Gasteiger partial charge in [0.1, 0.15) is 5.82 Å². The lowest BCUT2D eigenvalue weighted by Crippen LogP contribution is -2.23. The Balaban J connectivity index is 1.99. The fourth-order valence-corrected chi connectivity index (χ4v) is 1.96. The smallest absolute Gasteiger partial charge is 0.200 e. The Bertz CT molecular complexity index is 558. The van der Waals surface area contributed by atoms with Crippen LogP contribution in [0.1, 0.15) is 11.8 Å². The fraction of sp³-hybridized carbons (Fsp3) is 0.167. The van der Waals surface area contributed by atoms with E-state index in [1.165, 1.54) is 0 Å². The Morgan fingerprint density at radius 2 is 2.18 bits per heavy atom. The lowest BCUT2D eigenvalue weighted by Gasteiger charge is -2.19. The maximum absolute atomic E-state index is 5.84. The quantitative estimate of drug-likeness (QED) is 0.802. The first-order valence-corrected chi connectivity index (χ1v) is 5.31. The molecule has 0 aliphatic carbocycles. The number of ether oxygens (including phenoxy) is 1. The van der Waals surface area contributed by atoms with Gasteiger partial charge in [-0.3, -0.25) is 0 Å². The number of hydrogen-bond donors (Lipinski definition) is 1. The van der Waals surface area contributed by atoms with Gasteiger partial charge in [0, 0.05) is 25.0 Å². The highest BCUT2D eigenvalue weighted by molar-refractivity contribution is 5.57. The number of nitrogens with zero attached hydrogens (tertiary/aromatic N) is 3. The molecule has 0 bridgehead atoms. The van der Waals surface area contributed by atoms with Crippen LogP contribution < -0.4 is 15.4 Å². The van der Waals surface area contributed by atoms with Crippen LogP contribution in [-0.2, 0) is 0 Å². The summed E-state index contributed by atoms with van der Waals surface area (Å²) in [5.74, 6) is 2.12. The van der Waals surface area contributed by atoms with E-state index in [4.69, 9.17) is 10.5 Å². The number of pyridine rings is 2. The van der Waals surface area contributed by atoms with Gasteiger partial charge in [-0.2, -0.15) is 0 Å². The van der Waals surface area contributed by atoms with Crippen LogP contribution >= 0.6 is 0 Å². The standard InChI is InChI=1S/C12H12N4O/c1-16-11-9(3-2-5-15-11)17-12(16)8-4-6-14-10(13)7-8/h2-7,12H,1H3,(H2,13,14). The van der Waals surface area contributed by atoms with Crippen LogP contribution in [0.4, 0.5) is 11.6 Å². The van der Waals surface area contributed by atoms with E-state index in [0.29, 0.717) is 5.82 Å². The number of nitrogens with two attached hydrogens (primary N) is 1. The van der Waals surface area contributed by atoms with Crippen molar-refractivity contribution >= 4 is 11.6 Å². The lowest BCUT2D eigenvalue weighted by molar-refractivity contribution is 0.235. The molecule has 0 spiro atoms. The molecule has 0 saturated carbocycles. The maximum Gasteiger partial charge on any atom is 0.200 e. The highest BCUT2D eigenvalue weighted by atomic mass is 16.5. The van der Waals surface area contributed by atoms with Gasteiger partial charge in [0.2, 0.25) is 0 Å². The molecule has 2 aromatic rings. The Labute approximate surface area is 98.9 Å². The van der Waals surface area contributed by atoms with Crippen LogP contribution in [-0.4, -0.2) is 17.0 Å². The van der Waals surface area contributed by atoms with E-state index in [9.17, 15) is 0 Å². The predicted octanol–water partition coefficient (Wildman–Crippen LogP) is 1.59. The zero-order valence-electron chi connectivity index (χ0n) is 9.37. The van der Waals surface area contributed by atoms with Crippen LogP contribution in [0.2, 0.25) is 0 Å². The second-order valence-electron chi connectivity index (χ2n) is 3.92. The molecule has 0 saturated heterocycles. The summed E-state index contributed by atoms with van der Waals surface area (Å²) in [5.41, 5.74) is 6.65. The van der Waals surface area contributed by atoms with Crippen LogP contribution in [0.15, 0.2) is 36.7 Å². The average molecular weight is 228 g/mol. The van der Waals surface area contributed by atoms with Gasteiger partial charge < -0.3 is 15.4 Å². The van der Waals surface area contributed by atoms with Gasteiger partial charge in [0.05, 0.1) is 0 Å². The molecule has 5 heteroatoms. The lowest BCUT2D eigenvalue weighted by atomic mass is 10.2. The van der Waals surface area contributed by atoms with Gasteiger partial charge in [-0.15, -0.1) is 0 Å². The summed E-state index contributed by atoms with van der Waals surface area (Å²) in [6, 6.07) is 7.47. The highest BCUT2D eigenvalue weighted by Crippen LogP contribution is 2.40. The summed E-state index contributed by atoms with van der Waals surface area (Å²) in [7, 11) is 1.94. The summed E-state index contributed by atoms with van der Waals surface area (Å²) in [5, 5.41) is 0. The first-order valence-electron chi connectivity index (χ1n) is 5.31. The average Bonchev–Trinajstić information content (AvgIpc) is 2.68. The third kappa shape index (κ3) is 1.56. The van der Waals surface area contributed by atoms with Gasteiger partial charge in [-0.05, 0) is 24.3 Å². The van der Waals surface area contributed by atoms with Crippen molar-refractivity contribution in [3.63, 3.8) is 0 Å². The Morgan fingerprint density at radius 3 is 2.94 bits per heavy atom. The molecule has 5 nitrogen and oxygen atoms in total. The SMILES string of the molecule is CN1c2ncccc2OC1c1ccnc(N)c1. The van der Waals surface area contributed by atoms with E-state index in [2.05, 4.69) is 9.97 Å². The third-order valence-corrected chi connectivity index (χ3v) is 2.77. The monoisotopic (exact) mass is 228 g/mol. The molecule has 0 fully saturated rings. The Hall–Kier alpha value is -2.30. The second kappa shape index (κ2) is 3.62. The van der Waals surface area contributed by atoms with Crippen molar-refractivity contribution in [3.05, 3.63) is 42.2 Å². The summed E-state index contributed by atoms with van der Waals surface area (Å²) in [6.07, 6.45) is 3.24. The Kier molecular flexibility index (Phi) is 2.11. The molecule has 1 aliphatic rings. The minimum atomic E-state index is -0.190.